The maximum absolute atomic E-state index is 9.76. The highest BCUT2D eigenvalue weighted by Crippen LogP contribution is 2.31. The monoisotopic (exact) mass is 429 g/mol. The summed E-state index contributed by atoms with van der Waals surface area (Å²) in [5.74, 6) is 1.28. The average molecular weight is 430 g/mol. The molecule has 0 saturated carbocycles. The molecule has 1 aliphatic heterocycles. The van der Waals surface area contributed by atoms with Crippen molar-refractivity contribution in [1.29, 1.82) is 5.26 Å². The Bertz CT molecular complexity index is 882. The number of nitriles is 1. The first-order valence-electron chi connectivity index (χ1n) is 9.86. The molecular formula is C20H27N7O2S. The molecule has 30 heavy (non-hydrogen) atoms. The predicted octanol–water partition coefficient (Wildman–Crippen LogP) is 1.21. The first-order chi connectivity index (χ1) is 14.7. The summed E-state index contributed by atoms with van der Waals surface area (Å²) in [6.45, 7) is 3.52. The van der Waals surface area contributed by atoms with Gasteiger partial charge in [-0.3, -0.25) is 0 Å². The van der Waals surface area contributed by atoms with Crippen LogP contribution in [0, 0.1) is 11.3 Å². The predicted molar refractivity (Wildman–Crippen MR) is 121 cm³/mol. The van der Waals surface area contributed by atoms with Gasteiger partial charge >= 0.3 is 0 Å². The zero-order valence-corrected chi connectivity index (χ0v) is 17.8. The third-order valence-electron chi connectivity index (χ3n) is 4.81. The lowest BCUT2D eigenvalue weighted by Gasteiger charge is -2.37. The van der Waals surface area contributed by atoms with Crippen molar-refractivity contribution in [2.75, 3.05) is 79.2 Å². The maximum atomic E-state index is 9.76. The Morgan fingerprint density at radius 2 is 1.70 bits per heavy atom. The average Bonchev–Trinajstić information content (AvgIpc) is 2.81. The second-order valence-corrected chi connectivity index (χ2v) is 7.50. The van der Waals surface area contributed by atoms with Crippen LogP contribution in [0.25, 0.3) is 0 Å². The zero-order chi connectivity index (χ0) is 21.3. The number of nitrogens with one attached hydrogen (secondary N) is 2. The first kappa shape index (κ1) is 22.0. The highest BCUT2D eigenvalue weighted by molar-refractivity contribution is 7.98. The van der Waals surface area contributed by atoms with Gasteiger partial charge in [-0.25, -0.2) is 0 Å². The summed E-state index contributed by atoms with van der Waals surface area (Å²) in [4.78, 5) is 14.6. The van der Waals surface area contributed by atoms with Gasteiger partial charge in [0.15, 0.2) is 11.6 Å². The normalized spacial score (nSPS) is 13.8. The molecule has 4 N–H and O–H groups in total. The van der Waals surface area contributed by atoms with Gasteiger partial charge in [-0.15, -0.1) is 11.8 Å². The van der Waals surface area contributed by atoms with Crippen LogP contribution in [0.3, 0.4) is 0 Å². The highest BCUT2D eigenvalue weighted by atomic mass is 32.2. The van der Waals surface area contributed by atoms with Gasteiger partial charge in [0.1, 0.15) is 11.6 Å². The number of hydrogen-bond donors (Lipinski definition) is 4. The van der Waals surface area contributed by atoms with Crippen LogP contribution >= 0.6 is 11.8 Å². The van der Waals surface area contributed by atoms with E-state index in [9.17, 15) is 5.26 Å². The molecule has 0 unspecified atom stereocenters. The summed E-state index contributed by atoms with van der Waals surface area (Å²) < 4.78 is 0. The number of thioether (sulfide) groups is 1. The van der Waals surface area contributed by atoms with Crippen LogP contribution in [0.1, 0.15) is 5.56 Å². The van der Waals surface area contributed by atoms with Crippen molar-refractivity contribution in [2.45, 2.75) is 4.90 Å². The largest absolute Gasteiger partial charge is 0.395 e. The highest BCUT2D eigenvalue weighted by Gasteiger charge is 2.24. The fourth-order valence-electron chi connectivity index (χ4n) is 3.38. The van der Waals surface area contributed by atoms with Gasteiger partial charge in [-0.1, -0.05) is 12.1 Å². The SMILES string of the molecule is CSc1ccccc1N1CCN(c2nc(NCCO)nc(NCCO)c2C#N)CC1. The van der Waals surface area contributed by atoms with Crippen molar-refractivity contribution in [3.05, 3.63) is 29.8 Å². The number of aliphatic hydroxyl groups is 2. The summed E-state index contributed by atoms with van der Waals surface area (Å²) in [5.41, 5.74) is 1.58. The molecule has 1 fully saturated rings. The Morgan fingerprint density at radius 1 is 1.03 bits per heavy atom. The summed E-state index contributed by atoms with van der Waals surface area (Å²) in [6, 6.07) is 10.6. The Morgan fingerprint density at radius 3 is 2.37 bits per heavy atom. The molecule has 2 aromatic rings. The molecule has 2 heterocycles. The van der Waals surface area contributed by atoms with E-state index in [2.05, 4.69) is 60.9 Å². The number of para-hydroxylation sites is 1. The molecule has 1 aromatic carbocycles. The van der Waals surface area contributed by atoms with Gasteiger partial charge in [0.25, 0.3) is 0 Å². The lowest BCUT2D eigenvalue weighted by atomic mass is 10.2. The Balaban J connectivity index is 1.83. The van der Waals surface area contributed by atoms with Crippen molar-refractivity contribution in [3.8, 4) is 6.07 Å². The Labute approximate surface area is 180 Å². The molecule has 0 atom stereocenters. The molecule has 0 radical (unpaired) electrons. The molecule has 1 aliphatic rings. The first-order valence-corrected chi connectivity index (χ1v) is 11.1. The van der Waals surface area contributed by atoms with Crippen molar-refractivity contribution in [1.82, 2.24) is 9.97 Å². The Kier molecular flexibility index (Phi) is 7.96. The second kappa shape index (κ2) is 10.9. The number of piperazine rings is 1. The minimum Gasteiger partial charge on any atom is -0.395 e. The number of aliphatic hydroxyl groups excluding tert-OH is 2. The molecule has 10 heteroatoms. The van der Waals surface area contributed by atoms with Crippen molar-refractivity contribution < 1.29 is 10.2 Å². The standard InChI is InChI=1S/C20H27N7O2S/c1-30-17-5-3-2-4-16(17)26-8-10-27(11-9-26)19-15(14-21)18(22-6-12-28)24-20(25-19)23-7-13-29/h2-5,28-29H,6-13H2,1H3,(H2,22,23,24,25). The number of nitrogens with zero attached hydrogens (tertiary/aromatic N) is 5. The molecule has 1 saturated heterocycles. The minimum atomic E-state index is -0.0723. The number of aromatic nitrogens is 2. The number of anilines is 4. The molecule has 0 bridgehead atoms. The van der Waals surface area contributed by atoms with E-state index in [1.165, 1.54) is 10.6 Å². The van der Waals surface area contributed by atoms with E-state index < -0.39 is 0 Å². The molecule has 3 rings (SSSR count). The van der Waals surface area contributed by atoms with E-state index in [0.717, 1.165) is 13.1 Å². The Hall–Kier alpha value is -2.74. The summed E-state index contributed by atoms with van der Waals surface area (Å²) in [5, 5.41) is 34.0. The maximum Gasteiger partial charge on any atom is 0.226 e. The molecular weight excluding hydrogens is 402 g/mol. The van der Waals surface area contributed by atoms with Crippen LogP contribution < -0.4 is 20.4 Å². The van der Waals surface area contributed by atoms with Crippen LogP contribution in [-0.2, 0) is 0 Å². The van der Waals surface area contributed by atoms with E-state index in [0.29, 0.717) is 42.8 Å². The second-order valence-electron chi connectivity index (χ2n) is 6.65. The van der Waals surface area contributed by atoms with Crippen molar-refractivity contribution in [2.24, 2.45) is 0 Å². The quantitative estimate of drug-likeness (QED) is 0.433. The van der Waals surface area contributed by atoms with Gasteiger partial charge in [0.05, 0.1) is 18.9 Å². The summed E-state index contributed by atoms with van der Waals surface area (Å²) in [6.07, 6.45) is 2.08. The van der Waals surface area contributed by atoms with E-state index >= 15 is 0 Å². The van der Waals surface area contributed by atoms with Crippen LogP contribution in [-0.4, -0.2) is 78.9 Å². The van der Waals surface area contributed by atoms with E-state index in [-0.39, 0.29) is 19.8 Å². The third kappa shape index (κ3) is 5.05. The van der Waals surface area contributed by atoms with Gasteiger partial charge in [-0.2, -0.15) is 15.2 Å². The third-order valence-corrected chi connectivity index (χ3v) is 5.59. The minimum absolute atomic E-state index is 0.0500. The lowest BCUT2D eigenvalue weighted by molar-refractivity contribution is 0.311. The van der Waals surface area contributed by atoms with E-state index in [1.807, 2.05) is 6.07 Å². The number of benzene rings is 1. The van der Waals surface area contributed by atoms with Gasteiger partial charge < -0.3 is 30.6 Å². The molecule has 0 spiro atoms. The number of rotatable bonds is 9. The van der Waals surface area contributed by atoms with Crippen LogP contribution in [0.2, 0.25) is 0 Å². The molecule has 160 valence electrons. The topological polar surface area (TPSA) is 121 Å². The van der Waals surface area contributed by atoms with Gasteiger partial charge in [-0.05, 0) is 18.4 Å². The van der Waals surface area contributed by atoms with Crippen molar-refractivity contribution >= 4 is 35.0 Å². The smallest absolute Gasteiger partial charge is 0.226 e. The molecule has 9 nitrogen and oxygen atoms in total. The fraction of sp³-hybridized carbons (Fsp3) is 0.450. The van der Waals surface area contributed by atoms with Gasteiger partial charge in [0.2, 0.25) is 5.95 Å². The van der Waals surface area contributed by atoms with Crippen LogP contribution in [0.4, 0.5) is 23.3 Å². The lowest BCUT2D eigenvalue weighted by Crippen LogP contribution is -2.47. The van der Waals surface area contributed by atoms with E-state index in [1.54, 1.807) is 11.8 Å². The number of hydrogen-bond acceptors (Lipinski definition) is 10. The van der Waals surface area contributed by atoms with E-state index in [4.69, 9.17) is 10.2 Å². The molecule has 0 amide bonds. The molecule has 0 aliphatic carbocycles. The fourth-order valence-corrected chi connectivity index (χ4v) is 4.00. The van der Waals surface area contributed by atoms with Gasteiger partial charge in [0, 0.05) is 44.2 Å². The van der Waals surface area contributed by atoms with Crippen molar-refractivity contribution in [3.63, 3.8) is 0 Å². The van der Waals surface area contributed by atoms with Crippen LogP contribution in [0.5, 0.6) is 0 Å². The van der Waals surface area contributed by atoms with Crippen LogP contribution in [0.15, 0.2) is 29.2 Å². The molecule has 1 aromatic heterocycles. The summed E-state index contributed by atoms with van der Waals surface area (Å²) in [7, 11) is 0. The zero-order valence-electron chi connectivity index (χ0n) is 17.0. The summed E-state index contributed by atoms with van der Waals surface area (Å²) >= 11 is 1.74.